The number of fused-ring (bicyclic) bond motifs is 1. The average Bonchev–Trinajstić information content (AvgIpc) is 3.12. The molecule has 1 aliphatic carbocycles. The number of halogens is 3. The average molecular weight is 419 g/mol. The highest BCUT2D eigenvalue weighted by atomic mass is 19.4. The fourth-order valence-electron chi connectivity index (χ4n) is 4.67. The van der Waals surface area contributed by atoms with Gasteiger partial charge in [-0.1, -0.05) is 50.2 Å². The summed E-state index contributed by atoms with van der Waals surface area (Å²) in [7, 11) is 0. The number of nitrogens with one attached hydrogen (secondary N) is 1. The van der Waals surface area contributed by atoms with E-state index in [1.165, 1.54) is 23.3 Å². The first kappa shape index (κ1) is 21.2. The van der Waals surface area contributed by atoms with Crippen LogP contribution in [-0.2, 0) is 13.1 Å². The maximum atomic E-state index is 12.3. The van der Waals surface area contributed by atoms with Gasteiger partial charge in [0.25, 0.3) is 0 Å². The van der Waals surface area contributed by atoms with Crippen molar-refractivity contribution in [1.29, 1.82) is 0 Å². The van der Waals surface area contributed by atoms with Crippen molar-refractivity contribution in [1.82, 2.24) is 10.2 Å². The van der Waals surface area contributed by atoms with Crippen molar-refractivity contribution in [2.45, 2.75) is 39.2 Å². The van der Waals surface area contributed by atoms with Crippen molar-refractivity contribution in [2.24, 2.45) is 17.8 Å². The summed E-state index contributed by atoms with van der Waals surface area (Å²) in [5.41, 5.74) is 3.55. The minimum Gasteiger partial charge on any atom is -0.406 e. The maximum absolute atomic E-state index is 12.3. The Hall–Kier alpha value is -2.05. The number of ether oxygens (including phenoxy) is 1. The Kier molecular flexibility index (Phi) is 6.07. The van der Waals surface area contributed by atoms with E-state index in [-0.39, 0.29) is 5.75 Å². The summed E-state index contributed by atoms with van der Waals surface area (Å²) >= 11 is 0. The van der Waals surface area contributed by atoms with Gasteiger partial charge in [-0.15, -0.1) is 13.2 Å². The molecular formula is C24H29F3N2O. The molecule has 0 radical (unpaired) electrons. The van der Waals surface area contributed by atoms with Crippen LogP contribution >= 0.6 is 0 Å². The number of piperidine rings is 1. The first-order chi connectivity index (χ1) is 14.3. The Morgan fingerprint density at radius 3 is 2.37 bits per heavy atom. The van der Waals surface area contributed by atoms with Crippen molar-refractivity contribution < 1.29 is 17.9 Å². The Balaban J connectivity index is 1.18. The standard InChI is InChI=1S/C24H29F3N2O/c1-16(2)19-8-6-17(7-9-19)13-29-14-22-21(23(22)15-29)12-28-11-18-4-3-5-20(10-18)30-24(25,26)27/h3-10,16,21-23,28H,11-15H2,1-2H3. The molecule has 4 rings (SSSR count). The van der Waals surface area contributed by atoms with Gasteiger partial charge in [-0.2, -0.15) is 0 Å². The lowest BCUT2D eigenvalue weighted by Crippen LogP contribution is -2.27. The molecular weight excluding hydrogens is 389 g/mol. The van der Waals surface area contributed by atoms with Crippen molar-refractivity contribution in [3.05, 3.63) is 65.2 Å². The van der Waals surface area contributed by atoms with Crippen LogP contribution in [0.15, 0.2) is 48.5 Å². The van der Waals surface area contributed by atoms with Crippen molar-refractivity contribution in [3.8, 4) is 5.75 Å². The highest BCUT2D eigenvalue weighted by molar-refractivity contribution is 5.28. The quantitative estimate of drug-likeness (QED) is 0.640. The van der Waals surface area contributed by atoms with Gasteiger partial charge in [0, 0.05) is 26.2 Å². The van der Waals surface area contributed by atoms with Gasteiger partial charge in [-0.3, -0.25) is 4.90 Å². The third-order valence-corrected chi connectivity index (χ3v) is 6.34. The monoisotopic (exact) mass is 418 g/mol. The van der Waals surface area contributed by atoms with Gasteiger partial charge in [0.2, 0.25) is 0 Å². The molecule has 0 amide bonds. The number of rotatable bonds is 8. The van der Waals surface area contributed by atoms with Crippen LogP contribution < -0.4 is 10.1 Å². The second-order valence-corrected chi connectivity index (χ2v) is 8.91. The van der Waals surface area contributed by atoms with E-state index in [1.54, 1.807) is 6.07 Å². The van der Waals surface area contributed by atoms with Gasteiger partial charge in [-0.05, 0) is 59.0 Å². The van der Waals surface area contributed by atoms with Gasteiger partial charge in [-0.25, -0.2) is 0 Å². The Bertz CT molecular complexity index is 838. The second kappa shape index (κ2) is 8.60. The molecule has 2 fully saturated rings. The number of hydrogen-bond acceptors (Lipinski definition) is 3. The zero-order valence-corrected chi connectivity index (χ0v) is 17.5. The molecule has 2 atom stereocenters. The lowest BCUT2D eigenvalue weighted by Gasteiger charge is -2.20. The molecule has 30 heavy (non-hydrogen) atoms. The van der Waals surface area contributed by atoms with Crippen LogP contribution in [0.25, 0.3) is 0 Å². The number of benzene rings is 2. The van der Waals surface area contributed by atoms with Gasteiger partial charge < -0.3 is 10.1 Å². The van der Waals surface area contributed by atoms with Crippen molar-refractivity contribution in [2.75, 3.05) is 19.6 Å². The first-order valence-corrected chi connectivity index (χ1v) is 10.6. The van der Waals surface area contributed by atoms with E-state index in [4.69, 9.17) is 0 Å². The second-order valence-electron chi connectivity index (χ2n) is 8.91. The summed E-state index contributed by atoms with van der Waals surface area (Å²) in [5.74, 6) is 2.56. The molecule has 2 aromatic carbocycles. The molecule has 3 nitrogen and oxygen atoms in total. The summed E-state index contributed by atoms with van der Waals surface area (Å²) in [6, 6.07) is 15.1. The molecule has 1 aliphatic heterocycles. The number of hydrogen-bond donors (Lipinski definition) is 1. The molecule has 2 aliphatic rings. The van der Waals surface area contributed by atoms with Gasteiger partial charge in [0.05, 0.1) is 0 Å². The van der Waals surface area contributed by atoms with Gasteiger partial charge in [0.15, 0.2) is 0 Å². The van der Waals surface area contributed by atoms with Crippen molar-refractivity contribution >= 4 is 0 Å². The Labute approximate surface area is 176 Å². The molecule has 1 saturated heterocycles. The van der Waals surface area contributed by atoms with E-state index in [0.29, 0.717) is 18.4 Å². The highest BCUT2D eigenvalue weighted by Crippen LogP contribution is 2.51. The minimum absolute atomic E-state index is 0.165. The van der Waals surface area contributed by atoms with Crippen LogP contribution in [-0.4, -0.2) is 30.9 Å². The summed E-state index contributed by atoms with van der Waals surface area (Å²) in [5, 5.41) is 3.41. The Morgan fingerprint density at radius 2 is 1.73 bits per heavy atom. The van der Waals surface area contributed by atoms with E-state index < -0.39 is 6.36 Å². The normalized spacial score (nSPS) is 23.6. The SMILES string of the molecule is CC(C)c1ccc(CN2CC3C(CNCc4cccc(OC(F)(F)F)c4)C3C2)cc1. The smallest absolute Gasteiger partial charge is 0.406 e. The van der Waals surface area contributed by atoms with E-state index in [1.807, 2.05) is 6.07 Å². The van der Waals surface area contributed by atoms with E-state index >= 15 is 0 Å². The van der Waals surface area contributed by atoms with Crippen molar-refractivity contribution in [3.63, 3.8) is 0 Å². The molecule has 2 aromatic rings. The van der Waals surface area contributed by atoms with Crippen LogP contribution in [0.2, 0.25) is 0 Å². The lowest BCUT2D eigenvalue weighted by molar-refractivity contribution is -0.274. The maximum Gasteiger partial charge on any atom is 0.573 e. The van der Waals surface area contributed by atoms with E-state index in [0.717, 1.165) is 43.6 Å². The molecule has 0 spiro atoms. The van der Waals surface area contributed by atoms with Crippen LogP contribution in [0.5, 0.6) is 5.75 Å². The molecule has 0 bridgehead atoms. The third kappa shape index (κ3) is 5.35. The van der Waals surface area contributed by atoms with Crippen LogP contribution in [0.3, 0.4) is 0 Å². The fourth-order valence-corrected chi connectivity index (χ4v) is 4.67. The van der Waals surface area contributed by atoms with Crippen LogP contribution in [0, 0.1) is 17.8 Å². The zero-order valence-electron chi connectivity index (χ0n) is 17.5. The molecule has 1 saturated carbocycles. The summed E-state index contributed by atoms with van der Waals surface area (Å²) in [6.07, 6.45) is -4.65. The summed E-state index contributed by atoms with van der Waals surface area (Å²) < 4.78 is 41.0. The molecule has 1 N–H and O–H groups in total. The molecule has 0 aromatic heterocycles. The highest BCUT2D eigenvalue weighted by Gasteiger charge is 2.54. The number of nitrogens with zero attached hydrogens (tertiary/aromatic N) is 1. The molecule has 1 heterocycles. The molecule has 162 valence electrons. The lowest BCUT2D eigenvalue weighted by atomic mass is 10.0. The number of likely N-dealkylation sites (tertiary alicyclic amines) is 1. The van der Waals surface area contributed by atoms with E-state index in [2.05, 4.69) is 53.1 Å². The van der Waals surface area contributed by atoms with Crippen LogP contribution in [0.1, 0.15) is 36.5 Å². The summed E-state index contributed by atoms with van der Waals surface area (Å²) in [6.45, 7) is 9.18. The minimum atomic E-state index is -4.65. The predicted octanol–water partition coefficient (Wildman–Crippen LogP) is 5.18. The molecule has 2 unspecified atom stereocenters. The van der Waals surface area contributed by atoms with Crippen LogP contribution in [0.4, 0.5) is 13.2 Å². The first-order valence-electron chi connectivity index (χ1n) is 10.6. The third-order valence-electron chi connectivity index (χ3n) is 6.34. The fraction of sp³-hybridized carbons (Fsp3) is 0.500. The van der Waals surface area contributed by atoms with E-state index in [9.17, 15) is 13.2 Å². The predicted molar refractivity (Wildman–Crippen MR) is 111 cm³/mol. The largest absolute Gasteiger partial charge is 0.573 e. The topological polar surface area (TPSA) is 24.5 Å². The van der Waals surface area contributed by atoms with Gasteiger partial charge >= 0.3 is 6.36 Å². The number of alkyl halides is 3. The molecule has 6 heteroatoms. The zero-order chi connectivity index (χ0) is 21.3. The Morgan fingerprint density at radius 1 is 1.03 bits per heavy atom. The summed E-state index contributed by atoms with van der Waals surface area (Å²) in [4.78, 5) is 2.54. The van der Waals surface area contributed by atoms with Gasteiger partial charge in [0.1, 0.15) is 5.75 Å².